The van der Waals surface area contributed by atoms with Crippen molar-refractivity contribution in [2.24, 2.45) is 9.98 Å². The number of carboxylic acids is 1. The van der Waals surface area contributed by atoms with Crippen molar-refractivity contribution in [3.05, 3.63) is 118 Å². The van der Waals surface area contributed by atoms with E-state index in [9.17, 15) is 35.9 Å². The second-order valence-electron chi connectivity index (χ2n) is 10.5. The second-order valence-corrected chi connectivity index (χ2v) is 10.5. The van der Waals surface area contributed by atoms with Crippen molar-refractivity contribution in [1.29, 1.82) is 0 Å². The van der Waals surface area contributed by atoms with Crippen LogP contribution in [0.4, 0.5) is 26.3 Å². The quantitative estimate of drug-likeness (QED) is 0.0831. The lowest BCUT2D eigenvalue weighted by molar-refractivity contribution is -0.387. The third-order valence-electron chi connectivity index (χ3n) is 6.10. The number of quaternary nitrogens is 1. The lowest BCUT2D eigenvalue weighted by atomic mass is 10.1. The molecule has 0 saturated carbocycles. The van der Waals surface area contributed by atoms with Crippen molar-refractivity contribution >= 4 is 30.3 Å². The molecule has 1 amide bonds. The lowest BCUT2D eigenvalue weighted by Crippen LogP contribution is -3.00. The van der Waals surface area contributed by atoms with Crippen LogP contribution in [-0.4, -0.2) is 82.0 Å². The maximum Gasteiger partial charge on any atom is 0.308 e. The summed E-state index contributed by atoms with van der Waals surface area (Å²) in [6, 6.07) is 12.4. The Labute approximate surface area is 320 Å². The number of carboxylic acid groups (broad SMARTS) is 1. The van der Waals surface area contributed by atoms with Gasteiger partial charge in [-0.3, -0.25) is 9.59 Å². The molecule has 0 fully saturated rings. The molecule has 296 valence electrons. The third kappa shape index (κ3) is 21.5. The van der Waals surface area contributed by atoms with Crippen molar-refractivity contribution in [1.82, 2.24) is 30.6 Å². The van der Waals surface area contributed by atoms with Gasteiger partial charge in [-0.05, 0) is 82.5 Å². The first-order valence-electron chi connectivity index (χ1n) is 15.6. The van der Waals surface area contributed by atoms with Gasteiger partial charge in [0.05, 0.1) is 37.6 Å². The fourth-order valence-corrected chi connectivity index (χ4v) is 3.56. The number of halogens is 8. The molecule has 0 unspecified atom stereocenters. The van der Waals surface area contributed by atoms with Crippen LogP contribution in [0.25, 0.3) is 0 Å². The fraction of sp³-hybridized carbons (Fsp3) is 0.324. The molecule has 0 aliphatic carbocycles. The molecule has 0 radical (unpaired) electrons. The zero-order chi connectivity index (χ0) is 38.9. The highest BCUT2D eigenvalue weighted by Crippen LogP contribution is 2.17. The fourth-order valence-electron chi connectivity index (χ4n) is 3.56. The van der Waals surface area contributed by atoms with E-state index in [1.54, 1.807) is 18.3 Å². The van der Waals surface area contributed by atoms with E-state index in [2.05, 4.69) is 66.4 Å². The molecule has 2 aromatic heterocycles. The first-order chi connectivity index (χ1) is 24.8. The van der Waals surface area contributed by atoms with Gasteiger partial charge >= 0.3 is 5.97 Å². The number of aliphatic imine (C=N–C) groups is 2. The summed E-state index contributed by atoms with van der Waals surface area (Å²) in [6.45, 7) is 5.46. The average Bonchev–Trinajstić information content (AvgIpc) is 3.14. The van der Waals surface area contributed by atoms with Crippen LogP contribution in [-0.2, 0) is 35.5 Å². The number of hydrogen-bond acceptors (Lipinski definition) is 9. The molecular formula is C34H41Cl2F6N9O3. The molecule has 2 heterocycles. The van der Waals surface area contributed by atoms with Gasteiger partial charge in [0, 0.05) is 30.1 Å². The topological polar surface area (TPSA) is 174 Å². The van der Waals surface area contributed by atoms with Gasteiger partial charge in [-0.25, -0.2) is 36.3 Å². The Morgan fingerprint density at radius 2 is 1.31 bits per heavy atom. The van der Waals surface area contributed by atoms with Crippen molar-refractivity contribution < 1.29 is 59.2 Å². The number of rotatable bonds is 12. The highest BCUT2D eigenvalue weighted by Gasteiger charge is 2.17. The molecule has 12 nitrogen and oxygen atoms in total. The van der Waals surface area contributed by atoms with Crippen LogP contribution >= 0.6 is 12.4 Å². The van der Waals surface area contributed by atoms with Gasteiger partial charge in [0.2, 0.25) is 5.91 Å². The molecular weight excluding hydrogens is 767 g/mol. The highest BCUT2D eigenvalue weighted by atomic mass is 35.5. The molecule has 4 rings (SSSR count). The maximum atomic E-state index is 13.4. The van der Waals surface area contributed by atoms with Crippen LogP contribution in [0.5, 0.6) is 0 Å². The predicted molar refractivity (Wildman–Crippen MR) is 186 cm³/mol. The molecule has 0 bridgehead atoms. The number of aliphatic carboxylic acids is 1. The minimum absolute atomic E-state index is 0. The van der Waals surface area contributed by atoms with E-state index in [1.165, 1.54) is 6.20 Å². The summed E-state index contributed by atoms with van der Waals surface area (Å²) in [5.74, 6) is -9.30. The van der Waals surface area contributed by atoms with Gasteiger partial charge in [0.1, 0.15) is 23.9 Å². The number of carbonyl (C=O) groups excluding carboxylic acids is 1. The molecule has 2 aromatic carbocycles. The lowest BCUT2D eigenvalue weighted by Gasteiger charge is -2.07. The number of amides is 1. The van der Waals surface area contributed by atoms with Gasteiger partial charge in [-0.2, -0.15) is 15.3 Å². The number of aromatic nitrogens is 4. The van der Waals surface area contributed by atoms with Gasteiger partial charge in [0.15, 0.2) is 23.3 Å². The Hall–Kier alpha value is -5.00. The largest absolute Gasteiger partial charge is 1.00 e. The van der Waals surface area contributed by atoms with Gasteiger partial charge < -0.3 is 33.5 Å². The number of benzene rings is 2. The average molecular weight is 809 g/mol. The summed E-state index contributed by atoms with van der Waals surface area (Å²) < 4.78 is 77.6. The summed E-state index contributed by atoms with van der Waals surface area (Å²) in [7, 11) is 4.12. The molecule has 0 aliphatic rings. The van der Waals surface area contributed by atoms with Gasteiger partial charge in [0.25, 0.3) is 0 Å². The van der Waals surface area contributed by atoms with E-state index in [-0.39, 0.29) is 31.4 Å². The molecule has 5 N–H and O–H groups in total. The van der Waals surface area contributed by atoms with E-state index >= 15 is 0 Å². The molecule has 0 spiro atoms. The smallest absolute Gasteiger partial charge is 0.308 e. The monoisotopic (exact) mass is 807 g/mol. The Morgan fingerprint density at radius 1 is 0.815 bits per heavy atom. The van der Waals surface area contributed by atoms with E-state index in [4.69, 9.17) is 5.11 Å². The second kappa shape index (κ2) is 29.5. The molecule has 0 aliphatic heterocycles. The predicted octanol–water partition coefficient (Wildman–Crippen LogP) is 1.26. The van der Waals surface area contributed by atoms with E-state index in [1.807, 2.05) is 19.1 Å². The summed E-state index contributed by atoms with van der Waals surface area (Å²) in [6.07, 6.45) is 2.76. The summed E-state index contributed by atoms with van der Waals surface area (Å²) in [5, 5.41) is 25.5. The minimum Gasteiger partial charge on any atom is -1.00 e. The number of nitrogens with zero attached hydrogens (tertiary/aromatic N) is 7. The van der Waals surface area contributed by atoms with E-state index < -0.39 is 70.7 Å². The number of carbonyl (C=O) groups is 2. The van der Waals surface area contributed by atoms with Crippen LogP contribution < -0.4 is 23.5 Å². The molecule has 0 saturated heterocycles. The van der Waals surface area contributed by atoms with Gasteiger partial charge in [-0.1, -0.05) is 0 Å². The number of hydrogen-bond donors (Lipinski definition) is 3. The Morgan fingerprint density at radius 3 is 1.74 bits per heavy atom. The van der Waals surface area contributed by atoms with Gasteiger partial charge in [-0.15, -0.1) is 17.5 Å². The third-order valence-corrected chi connectivity index (χ3v) is 6.10. The van der Waals surface area contributed by atoms with Crippen molar-refractivity contribution in [3.8, 4) is 0 Å². The van der Waals surface area contributed by atoms with Crippen LogP contribution in [0.2, 0.25) is 0 Å². The Kier molecular flexibility index (Phi) is 27.9. The maximum absolute atomic E-state index is 13.4. The summed E-state index contributed by atoms with van der Waals surface area (Å²) in [4.78, 5) is 31.7. The molecule has 4 aromatic rings. The van der Waals surface area contributed by atoms with Crippen molar-refractivity contribution in [2.75, 3.05) is 33.7 Å². The number of nitrogens with one attached hydrogen (secondary N) is 1. The highest BCUT2D eigenvalue weighted by molar-refractivity contribution is 5.85. The SMILES string of the molecule is CCN=C=NCCCN(C)C.Cl.O=C(Cc1c(F)ccc(F)c1F)NCc1cccnn1.O=C(O)Cc1c(F)ccc(F)c1F.[Cl-].[NH3+]Cc1cccnn1. The summed E-state index contributed by atoms with van der Waals surface area (Å²) >= 11 is 0. The van der Waals surface area contributed by atoms with Crippen LogP contribution in [0.1, 0.15) is 35.9 Å². The van der Waals surface area contributed by atoms with Crippen LogP contribution in [0.15, 0.2) is 70.9 Å². The summed E-state index contributed by atoms with van der Waals surface area (Å²) in [5.41, 5.74) is 3.74. The first-order valence-corrected chi connectivity index (χ1v) is 15.6. The molecule has 0 atom stereocenters. The van der Waals surface area contributed by atoms with Crippen LogP contribution in [0.3, 0.4) is 0 Å². The Balaban J connectivity index is 0. The zero-order valence-corrected chi connectivity index (χ0v) is 31.2. The minimum atomic E-state index is -1.44. The zero-order valence-electron chi connectivity index (χ0n) is 29.6. The standard InChI is InChI=1S/C13H10F3N3O.C8H5F3O2.C8H17N3.C5H7N3.2ClH/c14-10-3-4-11(15)13(16)9(10)6-12(20)17-7-8-2-1-5-18-19-8;9-5-1-2-6(10)8(11)4(5)3-7(12)13;1-4-9-8-10-6-5-7-11(2)3;6-4-5-2-1-3-7-8-5;;/h1-5H,6-7H2,(H,17,20);1-2H,3H2,(H,12,13);4-7H2,1-3H3;1-3H,4,6H2;2*1H. The Bertz CT molecular complexity index is 1740. The van der Waals surface area contributed by atoms with Crippen LogP contribution in [0, 0.1) is 34.9 Å². The van der Waals surface area contributed by atoms with E-state index in [0.29, 0.717) is 30.4 Å². The first kappa shape index (κ1) is 51.1. The van der Waals surface area contributed by atoms with E-state index in [0.717, 1.165) is 37.8 Å². The van der Waals surface area contributed by atoms with Crippen molar-refractivity contribution in [3.63, 3.8) is 0 Å². The molecule has 20 heteroatoms. The van der Waals surface area contributed by atoms with Crippen molar-refractivity contribution in [2.45, 2.75) is 39.3 Å². The normalized spacial score (nSPS) is 9.54. The molecule has 54 heavy (non-hydrogen) atoms.